The van der Waals surface area contributed by atoms with E-state index in [9.17, 15) is 18.8 Å². The summed E-state index contributed by atoms with van der Waals surface area (Å²) in [5, 5.41) is 1.55. The van der Waals surface area contributed by atoms with Gasteiger partial charge in [0.1, 0.15) is 11.7 Å². The Bertz CT molecular complexity index is 822. The fourth-order valence-electron chi connectivity index (χ4n) is 2.58. The fraction of sp³-hybridized carbons (Fsp3) is 0.133. The van der Waals surface area contributed by atoms with E-state index in [1.165, 1.54) is 11.3 Å². The van der Waals surface area contributed by atoms with Gasteiger partial charge in [-0.1, -0.05) is 17.7 Å². The number of anilines is 1. The first kappa shape index (κ1) is 15.6. The molecule has 0 radical (unpaired) electrons. The van der Waals surface area contributed by atoms with Crippen molar-refractivity contribution in [3.05, 3.63) is 50.9 Å². The topological polar surface area (TPSA) is 80.5 Å². The van der Waals surface area contributed by atoms with Crippen molar-refractivity contribution in [3.8, 4) is 0 Å². The van der Waals surface area contributed by atoms with Crippen LogP contribution in [0.5, 0.6) is 0 Å². The molecule has 23 heavy (non-hydrogen) atoms. The molecule has 5 nitrogen and oxygen atoms in total. The summed E-state index contributed by atoms with van der Waals surface area (Å²) in [6, 6.07) is 4.65. The zero-order valence-corrected chi connectivity index (χ0v) is 13.2. The van der Waals surface area contributed by atoms with Gasteiger partial charge in [0, 0.05) is 11.3 Å². The summed E-state index contributed by atoms with van der Waals surface area (Å²) in [7, 11) is 0. The normalized spacial score (nSPS) is 16.5. The second-order valence-electron chi connectivity index (χ2n) is 4.99. The van der Waals surface area contributed by atoms with Crippen LogP contribution in [0.4, 0.5) is 14.9 Å². The number of ketones is 1. The van der Waals surface area contributed by atoms with Crippen LogP contribution in [0, 0.1) is 5.82 Å². The van der Waals surface area contributed by atoms with Crippen molar-refractivity contribution in [2.45, 2.75) is 12.3 Å². The lowest BCUT2D eigenvalue weighted by molar-refractivity contribution is -0.127. The van der Waals surface area contributed by atoms with Gasteiger partial charge in [0.2, 0.25) is 5.91 Å². The highest BCUT2D eigenvalue weighted by Crippen LogP contribution is 2.41. The van der Waals surface area contributed by atoms with Crippen LogP contribution in [0.3, 0.4) is 0 Å². The molecule has 1 atom stereocenters. The molecule has 3 rings (SSSR count). The summed E-state index contributed by atoms with van der Waals surface area (Å²) in [6.07, 6.45) is 0.0182. The van der Waals surface area contributed by atoms with E-state index in [1.807, 2.05) is 5.38 Å². The Hall–Kier alpha value is -2.25. The minimum absolute atomic E-state index is 0.0182. The Morgan fingerprint density at radius 3 is 2.74 bits per heavy atom. The molecule has 1 aliphatic heterocycles. The first-order valence-corrected chi connectivity index (χ1v) is 7.83. The van der Waals surface area contributed by atoms with Crippen LogP contribution in [-0.4, -0.2) is 17.7 Å². The van der Waals surface area contributed by atoms with Gasteiger partial charge in [-0.05, 0) is 29.1 Å². The molecule has 1 unspecified atom stereocenters. The van der Waals surface area contributed by atoms with Gasteiger partial charge in [0.25, 0.3) is 0 Å². The molecule has 0 bridgehead atoms. The molecule has 2 heterocycles. The van der Waals surface area contributed by atoms with Gasteiger partial charge in [-0.25, -0.2) is 14.1 Å². The maximum absolute atomic E-state index is 13.8. The zero-order chi connectivity index (χ0) is 16.7. The number of nitrogens with zero attached hydrogens (tertiary/aromatic N) is 1. The number of nitrogens with two attached hydrogens (primary N) is 1. The lowest BCUT2D eigenvalue weighted by Gasteiger charge is -2.12. The molecular weight excluding hydrogens is 343 g/mol. The first-order chi connectivity index (χ1) is 10.9. The number of imide groups is 1. The highest BCUT2D eigenvalue weighted by molar-refractivity contribution is 7.10. The number of fused-ring (bicyclic) bond motifs is 1. The van der Waals surface area contributed by atoms with Gasteiger partial charge in [-0.3, -0.25) is 9.59 Å². The van der Waals surface area contributed by atoms with Crippen molar-refractivity contribution >= 4 is 46.3 Å². The Morgan fingerprint density at radius 1 is 1.39 bits per heavy atom. The zero-order valence-electron chi connectivity index (χ0n) is 11.6. The summed E-state index contributed by atoms with van der Waals surface area (Å²) in [5.41, 5.74) is 5.37. The largest absolute Gasteiger partial charge is 0.351 e. The van der Waals surface area contributed by atoms with E-state index < -0.39 is 29.5 Å². The molecule has 8 heteroatoms. The number of carbonyl (C=O) groups is 3. The standard InChI is InChI=1S/C15H10ClFN2O3S/c16-9-6-11-8(5-10(9)17)13(14(21)19(11)15(18)22)12(20)4-7-2-1-3-23-7/h1-3,5-6,13H,4H2,(H2,18,22). The third-order valence-corrected chi connectivity index (χ3v) is 4.73. The molecule has 118 valence electrons. The minimum atomic E-state index is -1.26. The highest BCUT2D eigenvalue weighted by atomic mass is 35.5. The molecule has 0 saturated heterocycles. The predicted octanol–water partition coefficient (Wildman–Crippen LogP) is 2.86. The number of amides is 3. The number of Topliss-reactive ketones (excluding diaryl/α,β-unsaturated/α-hetero) is 1. The summed E-state index contributed by atoms with van der Waals surface area (Å²) in [5.74, 6) is -3.23. The van der Waals surface area contributed by atoms with Gasteiger partial charge in [0.15, 0.2) is 5.78 Å². The molecule has 1 aromatic carbocycles. The van der Waals surface area contributed by atoms with Crippen LogP contribution < -0.4 is 10.6 Å². The van der Waals surface area contributed by atoms with E-state index in [1.54, 1.807) is 12.1 Å². The Labute approximate surface area is 139 Å². The number of urea groups is 1. The summed E-state index contributed by atoms with van der Waals surface area (Å²) in [4.78, 5) is 37.9. The molecule has 1 aromatic heterocycles. The Morgan fingerprint density at radius 2 is 2.13 bits per heavy atom. The molecule has 1 aliphatic rings. The number of carbonyl (C=O) groups excluding carboxylic acids is 3. The van der Waals surface area contributed by atoms with Crippen molar-refractivity contribution in [3.63, 3.8) is 0 Å². The van der Waals surface area contributed by atoms with Crippen molar-refractivity contribution in [2.75, 3.05) is 4.90 Å². The van der Waals surface area contributed by atoms with Crippen LogP contribution in [0.25, 0.3) is 0 Å². The van der Waals surface area contributed by atoms with Crippen molar-refractivity contribution in [2.24, 2.45) is 5.73 Å². The van der Waals surface area contributed by atoms with Crippen molar-refractivity contribution < 1.29 is 18.8 Å². The van der Waals surface area contributed by atoms with Crippen LogP contribution in [0.2, 0.25) is 5.02 Å². The third-order valence-electron chi connectivity index (χ3n) is 3.56. The van der Waals surface area contributed by atoms with Gasteiger partial charge >= 0.3 is 6.03 Å². The predicted molar refractivity (Wildman–Crippen MR) is 84.3 cm³/mol. The van der Waals surface area contributed by atoms with E-state index >= 15 is 0 Å². The second kappa shape index (κ2) is 5.75. The smallest absolute Gasteiger partial charge is 0.326 e. The van der Waals surface area contributed by atoms with Crippen molar-refractivity contribution in [1.82, 2.24) is 0 Å². The van der Waals surface area contributed by atoms with Gasteiger partial charge in [-0.2, -0.15) is 0 Å². The highest BCUT2D eigenvalue weighted by Gasteiger charge is 2.44. The van der Waals surface area contributed by atoms with Crippen LogP contribution in [0.15, 0.2) is 29.6 Å². The lowest BCUT2D eigenvalue weighted by Crippen LogP contribution is -2.40. The van der Waals surface area contributed by atoms with E-state index in [0.717, 1.165) is 17.0 Å². The molecule has 2 aromatic rings. The average Bonchev–Trinajstić information content (AvgIpc) is 3.05. The van der Waals surface area contributed by atoms with Crippen molar-refractivity contribution in [1.29, 1.82) is 0 Å². The number of primary amides is 1. The monoisotopic (exact) mass is 352 g/mol. The Kier molecular flexibility index (Phi) is 3.91. The quantitative estimate of drug-likeness (QED) is 0.862. The maximum atomic E-state index is 13.8. The summed E-state index contributed by atoms with van der Waals surface area (Å²) in [6.45, 7) is 0. The lowest BCUT2D eigenvalue weighted by atomic mass is 9.94. The summed E-state index contributed by atoms with van der Waals surface area (Å²) < 4.78 is 13.8. The second-order valence-corrected chi connectivity index (χ2v) is 6.43. The van der Waals surface area contributed by atoms with Crippen LogP contribution >= 0.6 is 22.9 Å². The van der Waals surface area contributed by atoms with E-state index in [-0.39, 0.29) is 22.7 Å². The molecular formula is C15H10ClFN2O3S. The molecule has 0 fully saturated rings. The first-order valence-electron chi connectivity index (χ1n) is 6.57. The van der Waals surface area contributed by atoms with E-state index in [0.29, 0.717) is 4.90 Å². The van der Waals surface area contributed by atoms with E-state index in [2.05, 4.69) is 0 Å². The summed E-state index contributed by atoms with van der Waals surface area (Å²) >= 11 is 7.08. The number of hydrogen-bond acceptors (Lipinski definition) is 4. The van der Waals surface area contributed by atoms with Gasteiger partial charge in [-0.15, -0.1) is 11.3 Å². The third kappa shape index (κ3) is 2.62. The molecule has 0 saturated carbocycles. The van der Waals surface area contributed by atoms with Crippen LogP contribution in [0.1, 0.15) is 16.4 Å². The van der Waals surface area contributed by atoms with E-state index in [4.69, 9.17) is 17.3 Å². The molecule has 2 N–H and O–H groups in total. The SMILES string of the molecule is NC(=O)N1C(=O)C(C(=O)Cc2cccs2)c2cc(F)c(Cl)cc21. The molecule has 0 spiro atoms. The van der Waals surface area contributed by atoms with Crippen LogP contribution in [-0.2, 0) is 16.0 Å². The number of thiophene rings is 1. The fourth-order valence-corrected chi connectivity index (χ4v) is 3.46. The minimum Gasteiger partial charge on any atom is -0.351 e. The number of benzene rings is 1. The number of halogens is 2. The number of hydrogen-bond donors (Lipinski definition) is 1. The maximum Gasteiger partial charge on any atom is 0.326 e. The van der Waals surface area contributed by atoms with Gasteiger partial charge < -0.3 is 5.73 Å². The molecule has 3 amide bonds. The number of rotatable bonds is 3. The Balaban J connectivity index is 2.05. The van der Waals surface area contributed by atoms with Gasteiger partial charge in [0.05, 0.1) is 10.7 Å². The average molecular weight is 353 g/mol. The molecule has 0 aliphatic carbocycles.